The largest absolute Gasteiger partial charge is 0.489 e. The summed E-state index contributed by atoms with van der Waals surface area (Å²) in [6, 6.07) is 17.8. The van der Waals surface area contributed by atoms with Gasteiger partial charge in [0.25, 0.3) is 5.91 Å². The van der Waals surface area contributed by atoms with Gasteiger partial charge in [-0.05, 0) is 49.7 Å². The molecule has 0 saturated carbocycles. The maximum Gasteiger partial charge on any atom is 0.253 e. The van der Waals surface area contributed by atoms with Crippen LogP contribution in [-0.2, 0) is 6.61 Å². The Bertz CT molecular complexity index is 666. The topological polar surface area (TPSA) is 41.6 Å². The van der Waals surface area contributed by atoms with E-state index in [1.165, 1.54) is 0 Å². The van der Waals surface area contributed by atoms with Gasteiger partial charge in [0.15, 0.2) is 0 Å². The zero-order chi connectivity index (χ0) is 16.8. The summed E-state index contributed by atoms with van der Waals surface area (Å²) in [5.41, 5.74) is 1.79. The molecule has 0 spiro atoms. The second-order valence-electron chi connectivity index (χ2n) is 6.20. The number of piperidine rings is 1. The van der Waals surface area contributed by atoms with Gasteiger partial charge >= 0.3 is 0 Å². The summed E-state index contributed by atoms with van der Waals surface area (Å²) in [6.45, 7) is 2.45. The maximum atomic E-state index is 12.7. The van der Waals surface area contributed by atoms with E-state index in [1.54, 1.807) is 0 Å². The minimum absolute atomic E-state index is 0.0621. The van der Waals surface area contributed by atoms with Crippen molar-refractivity contribution in [3.63, 3.8) is 0 Å². The van der Waals surface area contributed by atoms with E-state index >= 15 is 0 Å². The van der Waals surface area contributed by atoms with Crippen molar-refractivity contribution < 1.29 is 9.53 Å². The van der Waals surface area contributed by atoms with Crippen LogP contribution in [0, 0.1) is 0 Å². The van der Waals surface area contributed by atoms with E-state index in [4.69, 9.17) is 4.74 Å². The molecule has 2 aromatic rings. The van der Waals surface area contributed by atoms with Crippen LogP contribution in [0.15, 0.2) is 54.6 Å². The predicted molar refractivity (Wildman–Crippen MR) is 95.2 cm³/mol. The summed E-state index contributed by atoms with van der Waals surface area (Å²) < 4.78 is 5.83. The molecule has 1 saturated heterocycles. The first kappa shape index (κ1) is 16.5. The summed E-state index contributed by atoms with van der Waals surface area (Å²) >= 11 is 0. The number of amides is 1. The smallest absolute Gasteiger partial charge is 0.253 e. The van der Waals surface area contributed by atoms with Crippen molar-refractivity contribution in [1.82, 2.24) is 10.2 Å². The van der Waals surface area contributed by atoms with E-state index in [-0.39, 0.29) is 5.91 Å². The Balaban J connectivity index is 1.64. The second-order valence-corrected chi connectivity index (χ2v) is 6.20. The van der Waals surface area contributed by atoms with E-state index in [0.29, 0.717) is 18.2 Å². The van der Waals surface area contributed by atoms with Gasteiger partial charge in [-0.25, -0.2) is 0 Å². The SMILES string of the molecule is CN(C(=O)c1cccc(OCc2ccccc2)c1)C1CCNCC1. The molecule has 4 nitrogen and oxygen atoms in total. The molecule has 0 atom stereocenters. The minimum atomic E-state index is 0.0621. The first-order chi connectivity index (χ1) is 11.7. The van der Waals surface area contributed by atoms with Gasteiger partial charge < -0.3 is 15.0 Å². The maximum absolute atomic E-state index is 12.7. The second kappa shape index (κ2) is 7.97. The number of carbonyl (C=O) groups excluding carboxylic acids is 1. The molecule has 1 amide bonds. The van der Waals surface area contributed by atoms with Gasteiger partial charge in [-0.3, -0.25) is 4.79 Å². The van der Waals surface area contributed by atoms with Gasteiger partial charge in [0.1, 0.15) is 12.4 Å². The molecule has 1 aliphatic rings. The van der Waals surface area contributed by atoms with Gasteiger partial charge in [-0.15, -0.1) is 0 Å². The molecule has 0 bridgehead atoms. The highest BCUT2D eigenvalue weighted by Crippen LogP contribution is 2.19. The zero-order valence-corrected chi connectivity index (χ0v) is 14.1. The van der Waals surface area contributed by atoms with Gasteiger partial charge in [0.05, 0.1) is 0 Å². The predicted octanol–water partition coefficient (Wildman–Crippen LogP) is 3.09. The fourth-order valence-electron chi connectivity index (χ4n) is 3.02. The molecule has 126 valence electrons. The van der Waals surface area contributed by atoms with Crippen molar-refractivity contribution in [2.75, 3.05) is 20.1 Å². The van der Waals surface area contributed by atoms with Crippen LogP contribution in [0.5, 0.6) is 5.75 Å². The quantitative estimate of drug-likeness (QED) is 0.919. The zero-order valence-electron chi connectivity index (χ0n) is 14.1. The highest BCUT2D eigenvalue weighted by molar-refractivity contribution is 5.94. The lowest BCUT2D eigenvalue weighted by Crippen LogP contribution is -2.43. The van der Waals surface area contributed by atoms with Gasteiger partial charge in [-0.2, -0.15) is 0 Å². The molecular formula is C20H24N2O2. The molecule has 0 unspecified atom stereocenters. The van der Waals surface area contributed by atoms with E-state index in [2.05, 4.69) is 5.32 Å². The number of hydrogen-bond donors (Lipinski definition) is 1. The van der Waals surface area contributed by atoms with Crippen LogP contribution < -0.4 is 10.1 Å². The lowest BCUT2D eigenvalue weighted by Gasteiger charge is -2.31. The molecular weight excluding hydrogens is 300 g/mol. The molecule has 24 heavy (non-hydrogen) atoms. The summed E-state index contributed by atoms with van der Waals surface area (Å²) in [7, 11) is 1.90. The lowest BCUT2D eigenvalue weighted by atomic mass is 10.0. The van der Waals surface area contributed by atoms with E-state index in [1.807, 2.05) is 66.5 Å². The van der Waals surface area contributed by atoms with Gasteiger partial charge in [0.2, 0.25) is 0 Å². The summed E-state index contributed by atoms with van der Waals surface area (Å²) in [5.74, 6) is 0.787. The molecule has 1 N–H and O–H groups in total. The molecule has 3 rings (SSSR count). The molecule has 0 aromatic heterocycles. The molecule has 0 aliphatic carbocycles. The highest BCUT2D eigenvalue weighted by Gasteiger charge is 2.22. The lowest BCUT2D eigenvalue weighted by molar-refractivity contribution is 0.0702. The van der Waals surface area contributed by atoms with Crippen LogP contribution >= 0.6 is 0 Å². The Morgan fingerprint density at radius 3 is 2.62 bits per heavy atom. The van der Waals surface area contributed by atoms with E-state index in [9.17, 15) is 4.79 Å². The average molecular weight is 324 g/mol. The number of nitrogens with zero attached hydrogens (tertiary/aromatic N) is 1. The van der Waals surface area contributed by atoms with Crippen molar-refractivity contribution in [3.8, 4) is 5.75 Å². The normalized spacial score (nSPS) is 15.0. The van der Waals surface area contributed by atoms with Crippen LogP contribution in [0.4, 0.5) is 0 Å². The van der Waals surface area contributed by atoms with Crippen LogP contribution in [0.3, 0.4) is 0 Å². The van der Waals surface area contributed by atoms with Crippen molar-refractivity contribution >= 4 is 5.91 Å². The van der Waals surface area contributed by atoms with E-state index < -0.39 is 0 Å². The van der Waals surface area contributed by atoms with Crippen LogP contribution in [0.1, 0.15) is 28.8 Å². The number of ether oxygens (including phenoxy) is 1. The van der Waals surface area contributed by atoms with Crippen molar-refractivity contribution in [2.24, 2.45) is 0 Å². The minimum Gasteiger partial charge on any atom is -0.489 e. The summed E-state index contributed by atoms with van der Waals surface area (Å²) in [5, 5.41) is 3.33. The Hall–Kier alpha value is -2.33. The van der Waals surface area contributed by atoms with Crippen LogP contribution in [0.25, 0.3) is 0 Å². The number of hydrogen-bond acceptors (Lipinski definition) is 3. The standard InChI is InChI=1S/C20H24N2O2/c1-22(18-10-12-21-13-11-18)20(23)17-8-5-9-19(14-17)24-15-16-6-3-2-4-7-16/h2-9,14,18,21H,10-13,15H2,1H3. The third kappa shape index (κ3) is 4.15. The van der Waals surface area contributed by atoms with Gasteiger partial charge in [-0.1, -0.05) is 36.4 Å². The third-order valence-corrected chi connectivity index (χ3v) is 4.51. The molecule has 1 aliphatic heterocycles. The first-order valence-electron chi connectivity index (χ1n) is 8.49. The Morgan fingerprint density at radius 2 is 1.88 bits per heavy atom. The first-order valence-corrected chi connectivity index (χ1v) is 8.49. The fourth-order valence-corrected chi connectivity index (χ4v) is 3.02. The number of carbonyl (C=O) groups is 1. The fraction of sp³-hybridized carbons (Fsp3) is 0.350. The summed E-state index contributed by atoms with van der Waals surface area (Å²) in [6.07, 6.45) is 2.01. The Labute approximate surface area is 143 Å². The molecule has 0 radical (unpaired) electrons. The number of benzene rings is 2. The number of rotatable bonds is 5. The van der Waals surface area contributed by atoms with Crippen LogP contribution in [0.2, 0.25) is 0 Å². The Morgan fingerprint density at radius 1 is 1.12 bits per heavy atom. The van der Waals surface area contributed by atoms with E-state index in [0.717, 1.165) is 37.2 Å². The third-order valence-electron chi connectivity index (χ3n) is 4.51. The van der Waals surface area contributed by atoms with Crippen molar-refractivity contribution in [3.05, 3.63) is 65.7 Å². The molecule has 4 heteroatoms. The molecule has 1 fully saturated rings. The number of nitrogens with one attached hydrogen (secondary N) is 1. The molecule has 1 heterocycles. The van der Waals surface area contributed by atoms with Crippen LogP contribution in [-0.4, -0.2) is 37.0 Å². The molecule has 2 aromatic carbocycles. The summed E-state index contributed by atoms with van der Waals surface area (Å²) in [4.78, 5) is 14.6. The Kier molecular flexibility index (Phi) is 5.49. The van der Waals surface area contributed by atoms with Crippen molar-refractivity contribution in [1.29, 1.82) is 0 Å². The average Bonchev–Trinajstić information content (AvgIpc) is 2.67. The van der Waals surface area contributed by atoms with Gasteiger partial charge in [0, 0.05) is 18.7 Å². The van der Waals surface area contributed by atoms with Crippen molar-refractivity contribution in [2.45, 2.75) is 25.5 Å². The highest BCUT2D eigenvalue weighted by atomic mass is 16.5. The monoisotopic (exact) mass is 324 g/mol.